The van der Waals surface area contributed by atoms with Gasteiger partial charge in [-0.25, -0.2) is 4.79 Å². The lowest BCUT2D eigenvalue weighted by molar-refractivity contribution is 0.0711. The summed E-state index contributed by atoms with van der Waals surface area (Å²) < 4.78 is 4.87. The molecule has 88 valence electrons. The number of aliphatic hydroxyl groups excluding tert-OH is 1. The Morgan fingerprint density at radius 3 is 2.53 bits per heavy atom. The van der Waals surface area contributed by atoms with Crippen LogP contribution in [-0.2, 0) is 4.74 Å². The maximum Gasteiger partial charge on any atom is 0.409 e. The van der Waals surface area contributed by atoms with Gasteiger partial charge in [0.2, 0.25) is 0 Å². The number of aliphatic hydroxyl groups is 1. The molecule has 4 heteroatoms. The first-order chi connectivity index (χ1) is 7.15. The summed E-state index contributed by atoms with van der Waals surface area (Å²) >= 11 is 0. The van der Waals surface area contributed by atoms with Gasteiger partial charge in [-0.1, -0.05) is 6.92 Å². The van der Waals surface area contributed by atoms with E-state index in [9.17, 15) is 4.79 Å². The van der Waals surface area contributed by atoms with Crippen LogP contribution in [0.2, 0.25) is 0 Å². The third kappa shape index (κ3) is 3.70. The standard InChI is InChI=1S/C11H21NO3/c1-9-3-5-10(6-4-9)12(2)11(14)15-8-7-13/h9-10,13H,3-8H2,1-2H3. The van der Waals surface area contributed by atoms with E-state index in [4.69, 9.17) is 9.84 Å². The van der Waals surface area contributed by atoms with Gasteiger partial charge in [-0.15, -0.1) is 0 Å². The molecule has 0 aromatic carbocycles. The molecule has 0 saturated heterocycles. The van der Waals surface area contributed by atoms with Crippen LogP contribution in [0.25, 0.3) is 0 Å². The van der Waals surface area contributed by atoms with Gasteiger partial charge < -0.3 is 14.7 Å². The lowest BCUT2D eigenvalue weighted by Gasteiger charge is -2.32. The maximum absolute atomic E-state index is 11.5. The van der Waals surface area contributed by atoms with Crippen molar-refractivity contribution in [3.05, 3.63) is 0 Å². The zero-order valence-corrected chi connectivity index (χ0v) is 9.61. The molecule has 1 saturated carbocycles. The number of hydrogen-bond donors (Lipinski definition) is 1. The number of amides is 1. The summed E-state index contributed by atoms with van der Waals surface area (Å²) in [6, 6.07) is 0.312. The minimum atomic E-state index is -0.316. The van der Waals surface area contributed by atoms with Crippen LogP contribution in [-0.4, -0.2) is 42.4 Å². The lowest BCUT2D eigenvalue weighted by Crippen LogP contribution is -2.39. The fourth-order valence-electron chi connectivity index (χ4n) is 2.01. The quantitative estimate of drug-likeness (QED) is 0.778. The average Bonchev–Trinajstić information content (AvgIpc) is 2.26. The van der Waals surface area contributed by atoms with Crippen molar-refractivity contribution in [2.75, 3.05) is 20.3 Å². The summed E-state index contributed by atoms with van der Waals surface area (Å²) in [6.45, 7) is 2.23. The third-order valence-corrected chi connectivity index (χ3v) is 3.14. The Kier molecular flexibility index (Phi) is 4.88. The van der Waals surface area contributed by atoms with Crippen LogP contribution in [0.5, 0.6) is 0 Å². The maximum atomic E-state index is 11.5. The largest absolute Gasteiger partial charge is 0.447 e. The summed E-state index contributed by atoms with van der Waals surface area (Å²) in [5.74, 6) is 0.781. The highest BCUT2D eigenvalue weighted by Crippen LogP contribution is 2.26. The second-order valence-corrected chi connectivity index (χ2v) is 4.36. The van der Waals surface area contributed by atoms with E-state index in [1.165, 1.54) is 12.8 Å². The van der Waals surface area contributed by atoms with Gasteiger partial charge >= 0.3 is 6.09 Å². The van der Waals surface area contributed by atoms with Crippen LogP contribution >= 0.6 is 0 Å². The number of carbonyl (C=O) groups excluding carboxylic acids is 1. The zero-order valence-electron chi connectivity index (χ0n) is 9.61. The molecule has 0 spiro atoms. The molecule has 0 aromatic heterocycles. The first-order valence-electron chi connectivity index (χ1n) is 5.65. The zero-order chi connectivity index (χ0) is 11.3. The van der Waals surface area contributed by atoms with Gasteiger partial charge in [0.15, 0.2) is 0 Å². The van der Waals surface area contributed by atoms with Gasteiger partial charge in [0.25, 0.3) is 0 Å². The Morgan fingerprint density at radius 1 is 1.40 bits per heavy atom. The van der Waals surface area contributed by atoms with Crippen molar-refractivity contribution in [2.45, 2.75) is 38.6 Å². The molecule has 0 aromatic rings. The highest BCUT2D eigenvalue weighted by molar-refractivity contribution is 5.67. The van der Waals surface area contributed by atoms with Gasteiger partial charge in [0.1, 0.15) is 6.61 Å². The Balaban J connectivity index is 2.32. The molecule has 1 aliphatic carbocycles. The van der Waals surface area contributed by atoms with Gasteiger partial charge in [0.05, 0.1) is 6.61 Å². The number of carbonyl (C=O) groups is 1. The van der Waals surface area contributed by atoms with Crippen LogP contribution in [0.3, 0.4) is 0 Å². The lowest BCUT2D eigenvalue weighted by atomic mass is 9.87. The molecule has 0 radical (unpaired) electrons. The summed E-state index contributed by atoms with van der Waals surface area (Å²) in [4.78, 5) is 13.1. The van der Waals surface area contributed by atoms with Gasteiger partial charge in [-0.05, 0) is 31.6 Å². The van der Waals surface area contributed by atoms with E-state index < -0.39 is 0 Å². The minimum absolute atomic E-state index is 0.0896. The number of hydrogen-bond acceptors (Lipinski definition) is 3. The molecule has 4 nitrogen and oxygen atoms in total. The second-order valence-electron chi connectivity index (χ2n) is 4.36. The van der Waals surface area contributed by atoms with Crippen LogP contribution in [0.1, 0.15) is 32.6 Å². The normalized spacial score (nSPS) is 26.1. The summed E-state index contributed by atoms with van der Waals surface area (Å²) in [5.41, 5.74) is 0. The topological polar surface area (TPSA) is 49.8 Å². The van der Waals surface area contributed by atoms with Gasteiger partial charge in [-0.2, -0.15) is 0 Å². The van der Waals surface area contributed by atoms with Gasteiger partial charge in [-0.3, -0.25) is 0 Å². The van der Waals surface area contributed by atoms with E-state index in [2.05, 4.69) is 6.92 Å². The first-order valence-corrected chi connectivity index (χ1v) is 5.65. The Labute approximate surface area is 91.2 Å². The number of ether oxygens (including phenoxy) is 1. The van der Waals surface area contributed by atoms with Crippen molar-refractivity contribution in [1.82, 2.24) is 4.90 Å². The van der Waals surface area contributed by atoms with Crippen LogP contribution < -0.4 is 0 Å². The molecule has 1 fully saturated rings. The highest BCUT2D eigenvalue weighted by atomic mass is 16.6. The number of rotatable bonds is 3. The Hall–Kier alpha value is -0.770. The monoisotopic (exact) mass is 215 g/mol. The predicted octanol–water partition coefficient (Wildman–Crippen LogP) is 1.63. The van der Waals surface area contributed by atoms with Crippen molar-refractivity contribution in [3.8, 4) is 0 Å². The molecule has 0 atom stereocenters. The first kappa shape index (κ1) is 12.3. The highest BCUT2D eigenvalue weighted by Gasteiger charge is 2.25. The molecular weight excluding hydrogens is 194 g/mol. The molecular formula is C11H21NO3. The minimum Gasteiger partial charge on any atom is -0.447 e. The Bertz CT molecular complexity index is 200. The van der Waals surface area contributed by atoms with E-state index in [0.717, 1.165) is 18.8 Å². The molecule has 1 aliphatic rings. The summed E-state index contributed by atoms with van der Waals surface area (Å²) in [7, 11) is 1.78. The fraction of sp³-hybridized carbons (Fsp3) is 0.909. The van der Waals surface area contributed by atoms with Crippen molar-refractivity contribution in [3.63, 3.8) is 0 Å². The van der Waals surface area contributed by atoms with Crippen molar-refractivity contribution < 1.29 is 14.6 Å². The Morgan fingerprint density at radius 2 is 2.00 bits per heavy atom. The van der Waals surface area contributed by atoms with E-state index >= 15 is 0 Å². The van der Waals surface area contributed by atoms with E-state index in [0.29, 0.717) is 6.04 Å². The molecule has 1 amide bonds. The SMILES string of the molecule is CC1CCC(N(C)C(=O)OCCO)CC1. The number of nitrogens with zero attached hydrogens (tertiary/aromatic N) is 1. The van der Waals surface area contributed by atoms with Crippen molar-refractivity contribution in [2.24, 2.45) is 5.92 Å². The van der Waals surface area contributed by atoms with Crippen LogP contribution in [0, 0.1) is 5.92 Å². The molecule has 0 unspecified atom stereocenters. The molecule has 1 N–H and O–H groups in total. The van der Waals surface area contributed by atoms with Crippen molar-refractivity contribution in [1.29, 1.82) is 0 Å². The molecule has 1 rings (SSSR count). The molecule has 15 heavy (non-hydrogen) atoms. The van der Waals surface area contributed by atoms with Crippen LogP contribution in [0.4, 0.5) is 4.79 Å². The molecule has 0 bridgehead atoms. The summed E-state index contributed by atoms with van der Waals surface area (Å²) in [5, 5.41) is 8.55. The van der Waals surface area contributed by atoms with E-state index in [-0.39, 0.29) is 19.3 Å². The average molecular weight is 215 g/mol. The van der Waals surface area contributed by atoms with E-state index in [1.807, 2.05) is 0 Å². The second kappa shape index (κ2) is 5.95. The molecule has 0 heterocycles. The fourth-order valence-corrected chi connectivity index (χ4v) is 2.01. The molecule has 0 aliphatic heterocycles. The summed E-state index contributed by atoms with van der Waals surface area (Å²) in [6.07, 6.45) is 4.17. The smallest absolute Gasteiger partial charge is 0.409 e. The van der Waals surface area contributed by atoms with E-state index in [1.54, 1.807) is 11.9 Å². The van der Waals surface area contributed by atoms with Gasteiger partial charge in [0, 0.05) is 13.1 Å². The van der Waals surface area contributed by atoms with Crippen molar-refractivity contribution >= 4 is 6.09 Å². The predicted molar refractivity (Wildman–Crippen MR) is 57.6 cm³/mol. The van der Waals surface area contributed by atoms with Crippen LogP contribution in [0.15, 0.2) is 0 Å². The third-order valence-electron chi connectivity index (χ3n) is 3.14.